The van der Waals surface area contributed by atoms with Gasteiger partial charge in [-0.2, -0.15) is 0 Å². The molecule has 0 saturated carbocycles. The van der Waals surface area contributed by atoms with Gasteiger partial charge >= 0.3 is 0 Å². The summed E-state index contributed by atoms with van der Waals surface area (Å²) in [4.78, 5) is 0. The molecule has 102 valence electrons. The molecular weight excluding hydrogens is 286 g/mol. The third-order valence-electron chi connectivity index (χ3n) is 3.37. The van der Waals surface area contributed by atoms with Crippen molar-refractivity contribution in [2.45, 2.75) is 58.5 Å². The van der Waals surface area contributed by atoms with Crippen LogP contribution in [0.5, 0.6) is 0 Å². The highest BCUT2D eigenvalue weighted by Gasteiger charge is 2.12. The second kappa shape index (κ2) is 7.30. The molecule has 0 fully saturated rings. The zero-order valence-electron chi connectivity index (χ0n) is 12.1. The molecule has 1 rings (SSSR count). The molecule has 1 atom stereocenters. The van der Waals surface area contributed by atoms with E-state index >= 15 is 0 Å². The maximum absolute atomic E-state index is 3.61. The van der Waals surface area contributed by atoms with Crippen molar-refractivity contribution in [3.05, 3.63) is 35.4 Å². The van der Waals surface area contributed by atoms with Gasteiger partial charge in [0.25, 0.3) is 0 Å². The number of halogens is 1. The molecule has 0 aliphatic heterocycles. The molecule has 1 aromatic rings. The number of benzene rings is 1. The zero-order valence-corrected chi connectivity index (χ0v) is 13.7. The second-order valence-electron chi connectivity index (χ2n) is 5.91. The lowest BCUT2D eigenvalue weighted by Gasteiger charge is -2.20. The fourth-order valence-corrected chi connectivity index (χ4v) is 2.52. The fourth-order valence-electron chi connectivity index (χ4n) is 1.97. The van der Waals surface area contributed by atoms with Gasteiger partial charge in [0.05, 0.1) is 0 Å². The molecule has 0 saturated heterocycles. The van der Waals surface area contributed by atoms with E-state index in [1.165, 1.54) is 24.0 Å². The largest absolute Gasteiger partial charge is 0.310 e. The average molecular weight is 312 g/mol. The quantitative estimate of drug-likeness (QED) is 0.755. The molecule has 18 heavy (non-hydrogen) atoms. The summed E-state index contributed by atoms with van der Waals surface area (Å²) in [7, 11) is 0. The Balaban J connectivity index is 2.53. The molecular formula is C16H26BrN. The van der Waals surface area contributed by atoms with Gasteiger partial charge in [-0.1, -0.05) is 67.9 Å². The van der Waals surface area contributed by atoms with Crippen LogP contribution in [0.1, 0.15) is 51.7 Å². The lowest BCUT2D eigenvalue weighted by Crippen LogP contribution is -2.28. The predicted octanol–water partition coefficient (Wildman–Crippen LogP) is 4.64. The van der Waals surface area contributed by atoms with E-state index in [2.05, 4.69) is 73.2 Å². The standard InChI is InChI=1S/C16H26BrN/c1-5-15(10-11-17)18-12-13-6-8-14(9-7-13)16(2,3)4/h6-9,15,18H,5,10-12H2,1-4H3. The van der Waals surface area contributed by atoms with Crippen molar-refractivity contribution < 1.29 is 0 Å². The van der Waals surface area contributed by atoms with Crippen molar-refractivity contribution in [1.82, 2.24) is 5.32 Å². The second-order valence-corrected chi connectivity index (χ2v) is 6.70. The van der Waals surface area contributed by atoms with Crippen molar-refractivity contribution >= 4 is 15.9 Å². The highest BCUT2D eigenvalue weighted by molar-refractivity contribution is 9.09. The molecule has 0 spiro atoms. The molecule has 0 radical (unpaired) electrons. The third-order valence-corrected chi connectivity index (χ3v) is 3.82. The van der Waals surface area contributed by atoms with Crippen molar-refractivity contribution in [1.29, 1.82) is 0 Å². The van der Waals surface area contributed by atoms with Crippen molar-refractivity contribution in [3.8, 4) is 0 Å². The first-order valence-electron chi connectivity index (χ1n) is 6.86. The molecule has 0 aliphatic carbocycles. The first kappa shape index (κ1) is 15.7. The summed E-state index contributed by atoms with van der Waals surface area (Å²) in [6, 6.07) is 9.61. The number of alkyl halides is 1. The van der Waals surface area contributed by atoms with E-state index in [1.54, 1.807) is 0 Å². The zero-order chi connectivity index (χ0) is 13.6. The van der Waals surface area contributed by atoms with Crippen LogP contribution in [0, 0.1) is 0 Å². The molecule has 1 nitrogen and oxygen atoms in total. The van der Waals surface area contributed by atoms with Crippen LogP contribution in [0.25, 0.3) is 0 Å². The van der Waals surface area contributed by atoms with Crippen LogP contribution in [0.3, 0.4) is 0 Å². The minimum atomic E-state index is 0.244. The van der Waals surface area contributed by atoms with Gasteiger partial charge in [-0.25, -0.2) is 0 Å². The number of nitrogens with one attached hydrogen (secondary N) is 1. The van der Waals surface area contributed by atoms with E-state index in [9.17, 15) is 0 Å². The Morgan fingerprint density at radius 2 is 1.78 bits per heavy atom. The van der Waals surface area contributed by atoms with Crippen LogP contribution in [-0.4, -0.2) is 11.4 Å². The Bertz CT molecular complexity index is 337. The Morgan fingerprint density at radius 3 is 2.22 bits per heavy atom. The van der Waals surface area contributed by atoms with E-state index in [0.717, 1.165) is 11.9 Å². The highest BCUT2D eigenvalue weighted by Crippen LogP contribution is 2.22. The van der Waals surface area contributed by atoms with Gasteiger partial charge in [-0.05, 0) is 29.4 Å². The normalized spacial score (nSPS) is 13.6. The van der Waals surface area contributed by atoms with E-state index in [0.29, 0.717) is 6.04 Å². The van der Waals surface area contributed by atoms with Gasteiger partial charge in [-0.3, -0.25) is 0 Å². The maximum Gasteiger partial charge on any atom is 0.0208 e. The van der Waals surface area contributed by atoms with Crippen LogP contribution in [0.15, 0.2) is 24.3 Å². The smallest absolute Gasteiger partial charge is 0.0208 e. The summed E-state index contributed by atoms with van der Waals surface area (Å²) in [6.07, 6.45) is 2.38. The van der Waals surface area contributed by atoms with Crippen LogP contribution in [0.4, 0.5) is 0 Å². The lowest BCUT2D eigenvalue weighted by molar-refractivity contribution is 0.488. The minimum absolute atomic E-state index is 0.244. The number of hydrogen-bond acceptors (Lipinski definition) is 1. The van der Waals surface area contributed by atoms with Gasteiger partial charge < -0.3 is 5.32 Å². The summed E-state index contributed by atoms with van der Waals surface area (Å²) in [5, 5.41) is 4.69. The first-order valence-corrected chi connectivity index (χ1v) is 7.98. The maximum atomic E-state index is 3.61. The SMILES string of the molecule is CCC(CCBr)NCc1ccc(C(C)(C)C)cc1. The molecule has 0 heterocycles. The van der Waals surface area contributed by atoms with Crippen LogP contribution in [-0.2, 0) is 12.0 Å². The highest BCUT2D eigenvalue weighted by atomic mass is 79.9. The van der Waals surface area contributed by atoms with E-state index < -0.39 is 0 Å². The van der Waals surface area contributed by atoms with Crippen molar-refractivity contribution in [2.75, 3.05) is 5.33 Å². The van der Waals surface area contributed by atoms with E-state index in [-0.39, 0.29) is 5.41 Å². The lowest BCUT2D eigenvalue weighted by atomic mass is 9.87. The molecule has 0 bridgehead atoms. The number of hydrogen-bond donors (Lipinski definition) is 1. The van der Waals surface area contributed by atoms with Crippen LogP contribution in [0.2, 0.25) is 0 Å². The summed E-state index contributed by atoms with van der Waals surface area (Å²) in [6.45, 7) is 9.97. The van der Waals surface area contributed by atoms with E-state index in [1.807, 2.05) is 0 Å². The van der Waals surface area contributed by atoms with E-state index in [4.69, 9.17) is 0 Å². The minimum Gasteiger partial charge on any atom is -0.310 e. The monoisotopic (exact) mass is 311 g/mol. The average Bonchev–Trinajstić information content (AvgIpc) is 2.34. The third kappa shape index (κ3) is 5.11. The Hall–Kier alpha value is -0.340. The molecule has 0 aliphatic rings. The Morgan fingerprint density at radius 1 is 1.17 bits per heavy atom. The van der Waals surface area contributed by atoms with Crippen molar-refractivity contribution in [2.24, 2.45) is 0 Å². The van der Waals surface area contributed by atoms with Gasteiger partial charge in [-0.15, -0.1) is 0 Å². The van der Waals surface area contributed by atoms with Gasteiger partial charge in [0.2, 0.25) is 0 Å². The summed E-state index contributed by atoms with van der Waals surface area (Å²) >= 11 is 3.51. The van der Waals surface area contributed by atoms with Crippen LogP contribution < -0.4 is 5.32 Å². The van der Waals surface area contributed by atoms with Crippen molar-refractivity contribution in [3.63, 3.8) is 0 Å². The van der Waals surface area contributed by atoms with Gasteiger partial charge in [0, 0.05) is 17.9 Å². The molecule has 0 aromatic heterocycles. The number of rotatable bonds is 6. The first-order chi connectivity index (χ1) is 8.47. The molecule has 0 amide bonds. The molecule has 1 aromatic carbocycles. The molecule has 1 unspecified atom stereocenters. The Kier molecular flexibility index (Phi) is 6.37. The van der Waals surface area contributed by atoms with Gasteiger partial charge in [0.15, 0.2) is 0 Å². The molecule has 2 heteroatoms. The summed E-state index contributed by atoms with van der Waals surface area (Å²) in [5.74, 6) is 0. The topological polar surface area (TPSA) is 12.0 Å². The van der Waals surface area contributed by atoms with Crippen LogP contribution >= 0.6 is 15.9 Å². The Labute approximate surface area is 120 Å². The van der Waals surface area contributed by atoms with Gasteiger partial charge in [0.1, 0.15) is 0 Å². The fraction of sp³-hybridized carbons (Fsp3) is 0.625. The summed E-state index contributed by atoms with van der Waals surface area (Å²) < 4.78 is 0. The summed E-state index contributed by atoms with van der Waals surface area (Å²) in [5.41, 5.74) is 3.02. The predicted molar refractivity (Wildman–Crippen MR) is 84.5 cm³/mol. The molecule has 1 N–H and O–H groups in total.